The van der Waals surface area contributed by atoms with Crippen LogP contribution in [0.15, 0.2) is 42.5 Å². The molecule has 0 aliphatic heterocycles. The van der Waals surface area contributed by atoms with Gasteiger partial charge in [-0.25, -0.2) is 4.98 Å². The Morgan fingerprint density at radius 3 is 2.58 bits per heavy atom. The maximum Gasteiger partial charge on any atom is 0.230 e. The van der Waals surface area contributed by atoms with Crippen LogP contribution in [0.1, 0.15) is 19.4 Å². The first-order valence-corrected chi connectivity index (χ1v) is 9.05. The zero-order valence-electron chi connectivity index (χ0n) is 14.5. The molecule has 3 aromatic rings. The number of anilines is 2. The van der Waals surface area contributed by atoms with Gasteiger partial charge in [-0.15, -0.1) is 0 Å². The van der Waals surface area contributed by atoms with E-state index in [1.165, 1.54) is 18.3 Å². The Bertz CT molecular complexity index is 935. The van der Waals surface area contributed by atoms with Gasteiger partial charge in [-0.3, -0.25) is 9.59 Å². The molecule has 2 N–H and O–H groups in total. The minimum atomic E-state index is -0.138. The molecule has 2 aromatic carbocycles. The normalized spacial score (nSPS) is 10.5. The molecule has 0 aliphatic carbocycles. The number of nitrogens with one attached hydrogen (secondary N) is 2. The van der Waals surface area contributed by atoms with Crippen molar-refractivity contribution in [1.82, 2.24) is 4.98 Å². The smallest absolute Gasteiger partial charge is 0.230 e. The monoisotopic (exact) mass is 369 g/mol. The molecule has 26 heavy (non-hydrogen) atoms. The van der Waals surface area contributed by atoms with Crippen LogP contribution in [0.2, 0.25) is 0 Å². The molecule has 0 bridgehead atoms. The van der Waals surface area contributed by atoms with Crippen LogP contribution in [0.4, 0.5) is 10.8 Å². The van der Waals surface area contributed by atoms with Crippen LogP contribution in [0, 0.1) is 0 Å². The summed E-state index contributed by atoms with van der Waals surface area (Å²) in [5, 5.41) is 6.09. The standard InChI is InChI=1S/C19H19N3O3S/c1-3-25-15-8-9-16-17(11-15)26-19(21-16)22-18(24)10-13-4-6-14(7-5-13)20-12(2)23/h4-9,11H,3,10H2,1-2H3,(H,20,23)(H,21,22,24). The van der Waals surface area contributed by atoms with E-state index in [4.69, 9.17) is 4.74 Å². The molecule has 0 atom stereocenters. The van der Waals surface area contributed by atoms with Crippen LogP contribution in [0.5, 0.6) is 5.75 Å². The van der Waals surface area contributed by atoms with E-state index < -0.39 is 0 Å². The number of carbonyl (C=O) groups is 2. The number of benzene rings is 2. The van der Waals surface area contributed by atoms with Crippen molar-refractivity contribution in [3.05, 3.63) is 48.0 Å². The summed E-state index contributed by atoms with van der Waals surface area (Å²) in [6, 6.07) is 12.9. The third-order valence-electron chi connectivity index (χ3n) is 3.56. The summed E-state index contributed by atoms with van der Waals surface area (Å²) >= 11 is 1.41. The second-order valence-electron chi connectivity index (χ2n) is 5.68. The number of hydrogen-bond acceptors (Lipinski definition) is 5. The van der Waals surface area contributed by atoms with E-state index in [1.807, 2.05) is 37.3 Å². The van der Waals surface area contributed by atoms with Crippen LogP contribution in [-0.2, 0) is 16.0 Å². The van der Waals surface area contributed by atoms with Crippen molar-refractivity contribution in [3.63, 3.8) is 0 Å². The predicted molar refractivity (Wildman–Crippen MR) is 104 cm³/mol. The largest absolute Gasteiger partial charge is 0.494 e. The lowest BCUT2D eigenvalue weighted by molar-refractivity contribution is -0.116. The molecular formula is C19H19N3O3S. The zero-order valence-corrected chi connectivity index (χ0v) is 15.4. The average Bonchev–Trinajstić information content (AvgIpc) is 2.97. The molecule has 6 nitrogen and oxygen atoms in total. The van der Waals surface area contributed by atoms with E-state index >= 15 is 0 Å². The van der Waals surface area contributed by atoms with Crippen molar-refractivity contribution >= 4 is 44.2 Å². The first-order valence-electron chi connectivity index (χ1n) is 8.23. The van der Waals surface area contributed by atoms with Crippen molar-refractivity contribution in [2.45, 2.75) is 20.3 Å². The van der Waals surface area contributed by atoms with Gasteiger partial charge in [0.05, 0.1) is 23.2 Å². The Hall–Kier alpha value is -2.93. The summed E-state index contributed by atoms with van der Waals surface area (Å²) in [6.45, 7) is 4.00. The average molecular weight is 369 g/mol. The summed E-state index contributed by atoms with van der Waals surface area (Å²) in [5.74, 6) is 0.529. The van der Waals surface area contributed by atoms with Crippen molar-refractivity contribution in [1.29, 1.82) is 0 Å². The number of thiazole rings is 1. The first kappa shape index (κ1) is 17.9. The molecule has 134 valence electrons. The minimum absolute atomic E-state index is 0.126. The van der Waals surface area contributed by atoms with E-state index in [0.29, 0.717) is 17.4 Å². The Kier molecular flexibility index (Phi) is 5.48. The van der Waals surface area contributed by atoms with Crippen LogP contribution < -0.4 is 15.4 Å². The second kappa shape index (κ2) is 7.97. The topological polar surface area (TPSA) is 80.3 Å². The number of carbonyl (C=O) groups excluding carboxylic acids is 2. The third kappa shape index (κ3) is 4.58. The highest BCUT2D eigenvalue weighted by Crippen LogP contribution is 2.29. The van der Waals surface area contributed by atoms with Crippen LogP contribution in [-0.4, -0.2) is 23.4 Å². The summed E-state index contributed by atoms with van der Waals surface area (Å²) < 4.78 is 6.45. The minimum Gasteiger partial charge on any atom is -0.494 e. The maximum atomic E-state index is 12.3. The number of amides is 2. The van der Waals surface area contributed by atoms with Gasteiger partial charge in [-0.05, 0) is 42.8 Å². The molecule has 0 radical (unpaired) electrons. The Morgan fingerprint density at radius 2 is 1.88 bits per heavy atom. The Labute approximate surface area is 155 Å². The van der Waals surface area contributed by atoms with Gasteiger partial charge in [0.25, 0.3) is 0 Å². The first-order chi connectivity index (χ1) is 12.5. The Balaban J connectivity index is 1.64. The van der Waals surface area contributed by atoms with E-state index in [1.54, 1.807) is 12.1 Å². The van der Waals surface area contributed by atoms with Crippen LogP contribution in [0.25, 0.3) is 10.2 Å². The summed E-state index contributed by atoms with van der Waals surface area (Å²) in [7, 11) is 0. The molecular weight excluding hydrogens is 350 g/mol. The lowest BCUT2D eigenvalue weighted by Gasteiger charge is -2.04. The molecule has 1 aromatic heterocycles. The van der Waals surface area contributed by atoms with Gasteiger partial charge in [0.2, 0.25) is 11.8 Å². The van der Waals surface area contributed by atoms with Gasteiger partial charge in [0.1, 0.15) is 5.75 Å². The number of hydrogen-bond donors (Lipinski definition) is 2. The van der Waals surface area contributed by atoms with E-state index in [0.717, 1.165) is 21.5 Å². The molecule has 0 aliphatic rings. The summed E-state index contributed by atoms with van der Waals surface area (Å²) in [5.41, 5.74) is 2.39. The van der Waals surface area contributed by atoms with Crippen LogP contribution >= 0.6 is 11.3 Å². The highest BCUT2D eigenvalue weighted by atomic mass is 32.1. The molecule has 0 spiro atoms. The Morgan fingerprint density at radius 1 is 1.12 bits per heavy atom. The van der Waals surface area contributed by atoms with E-state index in [-0.39, 0.29) is 18.2 Å². The summed E-state index contributed by atoms with van der Waals surface area (Å²) in [6.07, 6.45) is 0.237. The molecule has 0 unspecified atom stereocenters. The van der Waals surface area contributed by atoms with Crippen molar-refractivity contribution in [2.24, 2.45) is 0 Å². The lowest BCUT2D eigenvalue weighted by Crippen LogP contribution is -2.14. The van der Waals surface area contributed by atoms with Gasteiger partial charge in [-0.1, -0.05) is 23.5 Å². The SMILES string of the molecule is CCOc1ccc2nc(NC(=O)Cc3ccc(NC(C)=O)cc3)sc2c1. The number of aromatic nitrogens is 1. The molecule has 0 saturated carbocycles. The number of rotatable bonds is 6. The molecule has 1 heterocycles. The fourth-order valence-corrected chi connectivity index (χ4v) is 3.38. The maximum absolute atomic E-state index is 12.3. The number of ether oxygens (including phenoxy) is 1. The number of nitrogens with zero attached hydrogens (tertiary/aromatic N) is 1. The molecule has 2 amide bonds. The highest BCUT2D eigenvalue weighted by Gasteiger charge is 2.10. The molecule has 3 rings (SSSR count). The van der Waals surface area contributed by atoms with Gasteiger partial charge >= 0.3 is 0 Å². The number of fused-ring (bicyclic) bond motifs is 1. The van der Waals surface area contributed by atoms with Gasteiger partial charge in [-0.2, -0.15) is 0 Å². The van der Waals surface area contributed by atoms with Gasteiger partial charge in [0.15, 0.2) is 5.13 Å². The quantitative estimate of drug-likeness (QED) is 0.692. The second-order valence-corrected chi connectivity index (χ2v) is 6.72. The fourth-order valence-electron chi connectivity index (χ4n) is 2.47. The highest BCUT2D eigenvalue weighted by molar-refractivity contribution is 7.22. The predicted octanol–water partition coefficient (Wildman–Crippen LogP) is 3.83. The van der Waals surface area contributed by atoms with Gasteiger partial charge < -0.3 is 15.4 Å². The van der Waals surface area contributed by atoms with Crippen molar-refractivity contribution in [3.8, 4) is 5.75 Å². The third-order valence-corrected chi connectivity index (χ3v) is 4.49. The lowest BCUT2D eigenvalue weighted by atomic mass is 10.1. The summed E-state index contributed by atoms with van der Waals surface area (Å²) in [4.78, 5) is 27.7. The van der Waals surface area contributed by atoms with Crippen LogP contribution in [0.3, 0.4) is 0 Å². The van der Waals surface area contributed by atoms with E-state index in [9.17, 15) is 9.59 Å². The van der Waals surface area contributed by atoms with Crippen molar-refractivity contribution in [2.75, 3.05) is 17.2 Å². The van der Waals surface area contributed by atoms with E-state index in [2.05, 4.69) is 15.6 Å². The van der Waals surface area contributed by atoms with Crippen molar-refractivity contribution < 1.29 is 14.3 Å². The molecule has 0 fully saturated rings. The molecule has 7 heteroatoms. The molecule has 0 saturated heterocycles. The van der Waals surface area contributed by atoms with Gasteiger partial charge in [0, 0.05) is 12.6 Å². The zero-order chi connectivity index (χ0) is 18.5. The fraction of sp³-hybridized carbons (Fsp3) is 0.211.